The maximum atomic E-state index is 11.9. The van der Waals surface area contributed by atoms with Crippen LogP contribution in [0.15, 0.2) is 53.0 Å². The number of hydrazine groups is 1. The van der Waals surface area contributed by atoms with E-state index in [1.807, 2.05) is 19.1 Å². The molecule has 4 nitrogen and oxygen atoms in total. The van der Waals surface area contributed by atoms with Crippen molar-refractivity contribution in [3.8, 4) is 0 Å². The molecule has 0 saturated heterocycles. The number of halogens is 1. The molecule has 0 fully saturated rings. The van der Waals surface area contributed by atoms with E-state index in [1.165, 1.54) is 0 Å². The lowest BCUT2D eigenvalue weighted by molar-refractivity contribution is 0.0846. The molecule has 0 bridgehead atoms. The van der Waals surface area contributed by atoms with Gasteiger partial charge in [-0.05, 0) is 42.8 Å². The van der Waals surface area contributed by atoms with Gasteiger partial charge in [-0.3, -0.25) is 20.4 Å². The number of nitrogens with one attached hydrogen (secondary N) is 2. The highest BCUT2D eigenvalue weighted by Crippen LogP contribution is 2.10. The average molecular weight is 333 g/mol. The van der Waals surface area contributed by atoms with Crippen LogP contribution in [0.1, 0.15) is 26.3 Å². The lowest BCUT2D eigenvalue weighted by atomic mass is 10.1. The van der Waals surface area contributed by atoms with E-state index >= 15 is 0 Å². The molecule has 5 heteroatoms. The third kappa shape index (κ3) is 3.45. The number of hydrogen-bond acceptors (Lipinski definition) is 2. The Hall–Kier alpha value is -2.14. The zero-order chi connectivity index (χ0) is 14.5. The molecule has 0 aliphatic rings. The third-order valence-electron chi connectivity index (χ3n) is 2.79. The first-order valence-electron chi connectivity index (χ1n) is 6.00. The van der Waals surface area contributed by atoms with Crippen LogP contribution in [0.5, 0.6) is 0 Å². The maximum absolute atomic E-state index is 11.9. The molecule has 2 aromatic carbocycles. The van der Waals surface area contributed by atoms with Crippen molar-refractivity contribution in [1.29, 1.82) is 0 Å². The van der Waals surface area contributed by atoms with Crippen molar-refractivity contribution in [2.75, 3.05) is 0 Å². The summed E-state index contributed by atoms with van der Waals surface area (Å²) in [5.74, 6) is -0.701. The lowest BCUT2D eigenvalue weighted by Gasteiger charge is -2.09. The van der Waals surface area contributed by atoms with Crippen molar-refractivity contribution in [1.82, 2.24) is 10.9 Å². The minimum atomic E-state index is -0.362. The van der Waals surface area contributed by atoms with E-state index in [0.717, 1.165) is 10.0 Å². The third-order valence-corrected chi connectivity index (χ3v) is 3.31. The van der Waals surface area contributed by atoms with E-state index in [4.69, 9.17) is 0 Å². The quantitative estimate of drug-likeness (QED) is 0.831. The molecule has 0 unspecified atom stereocenters. The first-order valence-corrected chi connectivity index (χ1v) is 6.79. The molecule has 0 aliphatic heterocycles. The molecule has 0 spiro atoms. The summed E-state index contributed by atoms with van der Waals surface area (Å²) in [6.45, 7) is 1.84. The van der Waals surface area contributed by atoms with Crippen LogP contribution in [0.2, 0.25) is 0 Å². The standard InChI is InChI=1S/C15H13BrN2O2/c1-10-4-2-3-5-13(10)15(20)18-17-14(19)11-6-8-12(16)9-7-11/h2-9H,1H3,(H,17,19)(H,18,20). The Kier molecular flexibility index (Phi) is 4.53. The first-order chi connectivity index (χ1) is 9.58. The molecule has 0 atom stereocenters. The Balaban J connectivity index is 1.99. The Morgan fingerprint density at radius 1 is 0.900 bits per heavy atom. The van der Waals surface area contributed by atoms with Crippen LogP contribution in [0.25, 0.3) is 0 Å². The molecule has 0 aliphatic carbocycles. The Morgan fingerprint density at radius 2 is 1.50 bits per heavy atom. The normalized spacial score (nSPS) is 9.90. The van der Waals surface area contributed by atoms with Gasteiger partial charge in [-0.15, -0.1) is 0 Å². The van der Waals surface area contributed by atoms with Crippen molar-refractivity contribution in [2.45, 2.75) is 6.92 Å². The molecular formula is C15H13BrN2O2. The number of amides is 2. The molecule has 0 radical (unpaired) electrons. The second-order valence-corrected chi connectivity index (χ2v) is 5.15. The highest BCUT2D eigenvalue weighted by atomic mass is 79.9. The van der Waals surface area contributed by atoms with Crippen LogP contribution < -0.4 is 10.9 Å². The molecule has 0 aromatic heterocycles. The van der Waals surface area contributed by atoms with Crippen LogP contribution in [0.3, 0.4) is 0 Å². The summed E-state index contributed by atoms with van der Waals surface area (Å²) in [4.78, 5) is 23.8. The summed E-state index contributed by atoms with van der Waals surface area (Å²) in [6.07, 6.45) is 0. The van der Waals surface area contributed by atoms with Gasteiger partial charge in [0.05, 0.1) is 0 Å². The number of carbonyl (C=O) groups excluding carboxylic acids is 2. The fourth-order valence-corrected chi connectivity index (χ4v) is 1.95. The van der Waals surface area contributed by atoms with Gasteiger partial charge in [-0.1, -0.05) is 34.1 Å². The first kappa shape index (κ1) is 14.3. The molecule has 2 aromatic rings. The van der Waals surface area contributed by atoms with Crippen molar-refractivity contribution in [3.05, 3.63) is 69.7 Å². The van der Waals surface area contributed by atoms with Gasteiger partial charge in [0.2, 0.25) is 0 Å². The fraction of sp³-hybridized carbons (Fsp3) is 0.0667. The zero-order valence-electron chi connectivity index (χ0n) is 10.8. The SMILES string of the molecule is Cc1ccccc1C(=O)NNC(=O)c1ccc(Br)cc1. The summed E-state index contributed by atoms with van der Waals surface area (Å²) in [6, 6.07) is 14.0. The molecule has 0 heterocycles. The minimum Gasteiger partial charge on any atom is -0.267 e. The number of rotatable bonds is 2. The number of carbonyl (C=O) groups is 2. The monoisotopic (exact) mass is 332 g/mol. The van der Waals surface area contributed by atoms with E-state index < -0.39 is 0 Å². The van der Waals surface area contributed by atoms with Crippen LogP contribution in [-0.4, -0.2) is 11.8 Å². The second-order valence-electron chi connectivity index (χ2n) is 4.23. The summed E-state index contributed by atoms with van der Waals surface area (Å²) >= 11 is 3.29. The number of aryl methyl sites for hydroxylation is 1. The summed E-state index contributed by atoms with van der Waals surface area (Å²) < 4.78 is 0.887. The molecule has 2 N–H and O–H groups in total. The van der Waals surface area contributed by atoms with Gasteiger partial charge >= 0.3 is 0 Å². The van der Waals surface area contributed by atoms with Crippen LogP contribution in [-0.2, 0) is 0 Å². The fourth-order valence-electron chi connectivity index (χ4n) is 1.68. The van der Waals surface area contributed by atoms with E-state index in [0.29, 0.717) is 11.1 Å². The van der Waals surface area contributed by atoms with Gasteiger partial charge in [-0.2, -0.15) is 0 Å². The van der Waals surface area contributed by atoms with Gasteiger partial charge in [0.15, 0.2) is 0 Å². The van der Waals surface area contributed by atoms with Crippen molar-refractivity contribution < 1.29 is 9.59 Å². The molecule has 2 amide bonds. The van der Waals surface area contributed by atoms with Gasteiger partial charge in [-0.25, -0.2) is 0 Å². The molecular weight excluding hydrogens is 320 g/mol. The van der Waals surface area contributed by atoms with Gasteiger partial charge < -0.3 is 0 Å². The summed E-state index contributed by atoms with van der Waals surface area (Å²) in [5.41, 5.74) is 6.64. The number of hydrogen-bond donors (Lipinski definition) is 2. The highest BCUT2D eigenvalue weighted by molar-refractivity contribution is 9.10. The lowest BCUT2D eigenvalue weighted by Crippen LogP contribution is -2.41. The zero-order valence-corrected chi connectivity index (χ0v) is 12.4. The van der Waals surface area contributed by atoms with E-state index in [9.17, 15) is 9.59 Å². The largest absolute Gasteiger partial charge is 0.269 e. The maximum Gasteiger partial charge on any atom is 0.269 e. The summed E-state index contributed by atoms with van der Waals surface area (Å²) in [5, 5.41) is 0. The minimum absolute atomic E-state index is 0.339. The van der Waals surface area contributed by atoms with Crippen LogP contribution in [0.4, 0.5) is 0 Å². The van der Waals surface area contributed by atoms with Crippen molar-refractivity contribution >= 4 is 27.7 Å². The average Bonchev–Trinajstić information content (AvgIpc) is 2.45. The van der Waals surface area contributed by atoms with Gasteiger partial charge in [0.25, 0.3) is 11.8 Å². The van der Waals surface area contributed by atoms with Crippen molar-refractivity contribution in [3.63, 3.8) is 0 Å². The smallest absolute Gasteiger partial charge is 0.267 e. The molecule has 102 valence electrons. The molecule has 20 heavy (non-hydrogen) atoms. The predicted molar refractivity (Wildman–Crippen MR) is 80.3 cm³/mol. The highest BCUT2D eigenvalue weighted by Gasteiger charge is 2.10. The van der Waals surface area contributed by atoms with Gasteiger partial charge in [0, 0.05) is 15.6 Å². The second kappa shape index (κ2) is 6.34. The van der Waals surface area contributed by atoms with Crippen molar-refractivity contribution in [2.24, 2.45) is 0 Å². The Morgan fingerprint density at radius 3 is 2.15 bits per heavy atom. The van der Waals surface area contributed by atoms with E-state index in [-0.39, 0.29) is 11.8 Å². The van der Waals surface area contributed by atoms with Crippen LogP contribution >= 0.6 is 15.9 Å². The Labute approximate surface area is 125 Å². The summed E-state index contributed by atoms with van der Waals surface area (Å²) in [7, 11) is 0. The van der Waals surface area contributed by atoms with Gasteiger partial charge in [0.1, 0.15) is 0 Å². The molecule has 2 rings (SSSR count). The van der Waals surface area contributed by atoms with Crippen LogP contribution in [0, 0.1) is 6.92 Å². The topological polar surface area (TPSA) is 58.2 Å². The Bertz CT molecular complexity index is 639. The van der Waals surface area contributed by atoms with E-state index in [1.54, 1.807) is 36.4 Å². The van der Waals surface area contributed by atoms with E-state index in [2.05, 4.69) is 26.8 Å². The predicted octanol–water partition coefficient (Wildman–Crippen LogP) is 2.83. The number of benzene rings is 2. The molecule has 0 saturated carbocycles.